The van der Waals surface area contributed by atoms with Gasteiger partial charge >= 0.3 is 0 Å². The summed E-state index contributed by atoms with van der Waals surface area (Å²) in [5.41, 5.74) is 1.15. The molecule has 1 N–H and O–H groups in total. The third-order valence-corrected chi connectivity index (χ3v) is 4.89. The number of nitrogens with zero attached hydrogens (tertiary/aromatic N) is 2. The lowest BCUT2D eigenvalue weighted by molar-refractivity contribution is 0.0627. The molecule has 2 aliphatic heterocycles. The van der Waals surface area contributed by atoms with Gasteiger partial charge in [0.15, 0.2) is 0 Å². The zero-order chi connectivity index (χ0) is 13.9. The Labute approximate surface area is 126 Å². The molecule has 2 unspecified atom stereocenters. The lowest BCUT2D eigenvalue weighted by atomic mass is 10.1. The fraction of sp³-hybridized carbons (Fsp3) is 0.625. The fourth-order valence-corrected chi connectivity index (χ4v) is 3.60. The number of anilines is 1. The molecule has 110 valence electrons. The van der Waals surface area contributed by atoms with E-state index in [4.69, 9.17) is 11.6 Å². The van der Waals surface area contributed by atoms with Crippen LogP contribution in [0.2, 0.25) is 5.02 Å². The summed E-state index contributed by atoms with van der Waals surface area (Å²) in [5, 5.41) is 4.28. The van der Waals surface area contributed by atoms with E-state index in [2.05, 4.69) is 22.0 Å². The molecule has 0 bridgehead atoms. The normalized spacial score (nSPS) is 27.5. The van der Waals surface area contributed by atoms with Crippen molar-refractivity contribution in [1.82, 2.24) is 9.80 Å². The molecule has 2 atom stereocenters. The Morgan fingerprint density at radius 1 is 1.25 bits per heavy atom. The van der Waals surface area contributed by atoms with Crippen LogP contribution in [0.15, 0.2) is 24.3 Å². The number of halogens is 1. The van der Waals surface area contributed by atoms with Crippen molar-refractivity contribution in [3.8, 4) is 0 Å². The molecule has 0 radical (unpaired) electrons. The second-order valence-electron chi connectivity index (χ2n) is 6.07. The van der Waals surface area contributed by atoms with Crippen LogP contribution in [0.1, 0.15) is 19.8 Å². The summed E-state index contributed by atoms with van der Waals surface area (Å²) in [6.45, 7) is 8.27. The summed E-state index contributed by atoms with van der Waals surface area (Å²) >= 11 is 5.90. The van der Waals surface area contributed by atoms with Crippen LogP contribution in [-0.4, -0.2) is 54.6 Å². The Bertz CT molecular complexity index is 434. The first kappa shape index (κ1) is 14.2. The molecular weight excluding hydrogens is 270 g/mol. The van der Waals surface area contributed by atoms with Gasteiger partial charge in [-0.15, -0.1) is 0 Å². The summed E-state index contributed by atoms with van der Waals surface area (Å²) in [5.74, 6) is 0. The van der Waals surface area contributed by atoms with Crippen LogP contribution < -0.4 is 5.32 Å². The molecule has 0 aromatic heterocycles. The number of piperazine rings is 1. The molecule has 0 aliphatic carbocycles. The van der Waals surface area contributed by atoms with Crippen LogP contribution in [-0.2, 0) is 0 Å². The van der Waals surface area contributed by atoms with Crippen LogP contribution >= 0.6 is 11.6 Å². The number of rotatable bonds is 4. The first-order valence-corrected chi connectivity index (χ1v) is 8.08. The van der Waals surface area contributed by atoms with Gasteiger partial charge in [0, 0.05) is 49.0 Å². The minimum absolute atomic E-state index is 0.677. The highest BCUT2D eigenvalue weighted by atomic mass is 35.5. The zero-order valence-corrected chi connectivity index (χ0v) is 12.9. The van der Waals surface area contributed by atoms with Crippen molar-refractivity contribution in [3.63, 3.8) is 0 Å². The molecule has 2 fully saturated rings. The highest BCUT2D eigenvalue weighted by molar-refractivity contribution is 6.30. The van der Waals surface area contributed by atoms with Gasteiger partial charge in [-0.25, -0.2) is 0 Å². The monoisotopic (exact) mass is 293 g/mol. The second-order valence-corrected chi connectivity index (χ2v) is 6.51. The molecule has 3 nitrogen and oxygen atoms in total. The van der Waals surface area contributed by atoms with Crippen LogP contribution in [0.5, 0.6) is 0 Å². The van der Waals surface area contributed by atoms with E-state index in [1.54, 1.807) is 0 Å². The highest BCUT2D eigenvalue weighted by Gasteiger charge is 2.33. The number of hydrogen-bond donors (Lipinski definition) is 1. The van der Waals surface area contributed by atoms with Gasteiger partial charge in [0.25, 0.3) is 0 Å². The average Bonchev–Trinajstić information content (AvgIpc) is 2.88. The van der Waals surface area contributed by atoms with E-state index in [1.165, 1.54) is 32.5 Å². The Balaban J connectivity index is 1.47. The van der Waals surface area contributed by atoms with Gasteiger partial charge in [-0.3, -0.25) is 9.80 Å². The van der Waals surface area contributed by atoms with Gasteiger partial charge in [0.2, 0.25) is 0 Å². The summed E-state index contributed by atoms with van der Waals surface area (Å²) in [7, 11) is 0. The average molecular weight is 294 g/mol. The molecule has 1 aromatic rings. The van der Waals surface area contributed by atoms with E-state index in [9.17, 15) is 0 Å². The molecule has 1 aromatic carbocycles. The predicted octanol–water partition coefficient (Wildman–Crippen LogP) is 2.92. The van der Waals surface area contributed by atoms with Gasteiger partial charge in [-0.1, -0.05) is 11.6 Å². The zero-order valence-electron chi connectivity index (χ0n) is 12.2. The SMILES string of the molecule is CC1CN2CCCC2CN1CCNc1ccc(Cl)cc1. The molecule has 0 spiro atoms. The Morgan fingerprint density at radius 3 is 2.85 bits per heavy atom. The van der Waals surface area contributed by atoms with E-state index >= 15 is 0 Å². The Hall–Kier alpha value is -0.770. The number of hydrogen-bond acceptors (Lipinski definition) is 3. The van der Waals surface area contributed by atoms with E-state index in [0.29, 0.717) is 6.04 Å². The van der Waals surface area contributed by atoms with Crippen molar-refractivity contribution in [2.45, 2.75) is 31.8 Å². The largest absolute Gasteiger partial charge is 0.384 e. The fourth-order valence-electron chi connectivity index (χ4n) is 3.47. The van der Waals surface area contributed by atoms with Crippen LogP contribution in [0, 0.1) is 0 Å². The van der Waals surface area contributed by atoms with Crippen LogP contribution in [0.25, 0.3) is 0 Å². The maximum absolute atomic E-state index is 5.90. The third-order valence-electron chi connectivity index (χ3n) is 4.64. The standard InChI is InChI=1S/C16H24ClN3/c1-13-11-20-9-2-3-16(20)12-19(13)10-8-18-15-6-4-14(17)5-7-15/h4-7,13,16,18H,2-3,8-12H2,1H3. The Morgan fingerprint density at radius 2 is 2.05 bits per heavy atom. The summed E-state index contributed by atoms with van der Waals surface area (Å²) in [6, 6.07) is 9.44. The molecule has 4 heteroatoms. The molecule has 20 heavy (non-hydrogen) atoms. The quantitative estimate of drug-likeness (QED) is 0.921. The van der Waals surface area contributed by atoms with Gasteiger partial charge in [-0.05, 0) is 50.6 Å². The lowest BCUT2D eigenvalue weighted by Gasteiger charge is -2.42. The number of benzene rings is 1. The second kappa shape index (κ2) is 6.33. The van der Waals surface area contributed by atoms with Crippen molar-refractivity contribution in [2.24, 2.45) is 0 Å². The van der Waals surface area contributed by atoms with Crippen molar-refractivity contribution in [1.29, 1.82) is 0 Å². The summed E-state index contributed by atoms with van der Waals surface area (Å²) in [6.07, 6.45) is 2.77. The van der Waals surface area contributed by atoms with Gasteiger partial charge < -0.3 is 5.32 Å². The summed E-state index contributed by atoms with van der Waals surface area (Å²) < 4.78 is 0. The van der Waals surface area contributed by atoms with Crippen molar-refractivity contribution >= 4 is 17.3 Å². The minimum Gasteiger partial charge on any atom is -0.384 e. The smallest absolute Gasteiger partial charge is 0.0407 e. The van der Waals surface area contributed by atoms with Crippen molar-refractivity contribution in [2.75, 3.05) is 38.0 Å². The van der Waals surface area contributed by atoms with E-state index in [-0.39, 0.29) is 0 Å². The van der Waals surface area contributed by atoms with E-state index in [1.807, 2.05) is 24.3 Å². The number of nitrogens with one attached hydrogen (secondary N) is 1. The predicted molar refractivity (Wildman–Crippen MR) is 85.6 cm³/mol. The summed E-state index contributed by atoms with van der Waals surface area (Å²) in [4.78, 5) is 5.31. The topological polar surface area (TPSA) is 18.5 Å². The molecule has 2 aliphatic rings. The third kappa shape index (κ3) is 3.27. The molecule has 3 rings (SSSR count). The molecule has 0 saturated carbocycles. The van der Waals surface area contributed by atoms with E-state index < -0.39 is 0 Å². The molecule has 2 saturated heterocycles. The number of fused-ring (bicyclic) bond motifs is 1. The first-order valence-electron chi connectivity index (χ1n) is 7.70. The first-order chi connectivity index (χ1) is 9.72. The van der Waals surface area contributed by atoms with Gasteiger partial charge in [0.05, 0.1) is 0 Å². The van der Waals surface area contributed by atoms with Crippen molar-refractivity contribution < 1.29 is 0 Å². The molecular formula is C16H24ClN3. The molecule has 2 heterocycles. The van der Waals surface area contributed by atoms with Gasteiger partial charge in [-0.2, -0.15) is 0 Å². The minimum atomic E-state index is 0.677. The highest BCUT2D eigenvalue weighted by Crippen LogP contribution is 2.24. The Kier molecular flexibility index (Phi) is 4.49. The van der Waals surface area contributed by atoms with Gasteiger partial charge in [0.1, 0.15) is 0 Å². The maximum Gasteiger partial charge on any atom is 0.0407 e. The maximum atomic E-state index is 5.90. The van der Waals surface area contributed by atoms with Crippen LogP contribution in [0.4, 0.5) is 5.69 Å². The lowest BCUT2D eigenvalue weighted by Crippen LogP contribution is -2.55. The molecule has 0 amide bonds. The van der Waals surface area contributed by atoms with E-state index in [0.717, 1.165) is 29.8 Å². The van der Waals surface area contributed by atoms with Crippen molar-refractivity contribution in [3.05, 3.63) is 29.3 Å². The van der Waals surface area contributed by atoms with Crippen LogP contribution in [0.3, 0.4) is 0 Å².